The van der Waals surface area contributed by atoms with Crippen LogP contribution in [-0.2, 0) is 18.5 Å². The molecule has 0 fully saturated rings. The minimum absolute atomic E-state index is 0.0318. The maximum Gasteiger partial charge on any atom is 0.213 e. The Morgan fingerprint density at radius 1 is 1.36 bits per heavy atom. The molecule has 0 unspecified atom stereocenters. The van der Waals surface area contributed by atoms with Crippen LogP contribution in [0, 0.1) is 0 Å². The second-order valence-corrected chi connectivity index (χ2v) is 6.02. The van der Waals surface area contributed by atoms with Crippen molar-refractivity contribution < 1.29 is 4.42 Å². The van der Waals surface area contributed by atoms with Crippen molar-refractivity contribution in [3.05, 3.63) is 36.6 Å². The molecule has 0 aliphatic rings. The number of aromatic nitrogens is 3. The van der Waals surface area contributed by atoms with Gasteiger partial charge < -0.3 is 19.6 Å². The van der Waals surface area contributed by atoms with E-state index in [0.717, 1.165) is 24.8 Å². The van der Waals surface area contributed by atoms with Crippen LogP contribution >= 0.6 is 0 Å². The van der Waals surface area contributed by atoms with Gasteiger partial charge in [0.1, 0.15) is 5.76 Å². The maximum atomic E-state index is 5.74. The Morgan fingerprint density at radius 3 is 2.77 bits per heavy atom. The lowest BCUT2D eigenvalue weighted by Gasteiger charge is -2.13. The monoisotopic (exact) mass is 304 g/mol. The number of hydrogen-bond donors (Lipinski definition) is 2. The van der Waals surface area contributed by atoms with E-state index in [9.17, 15) is 0 Å². The lowest BCUT2D eigenvalue weighted by molar-refractivity contribution is 0.379. The normalized spacial score (nSPS) is 12.5. The molecule has 0 atom stereocenters. The van der Waals surface area contributed by atoms with E-state index >= 15 is 0 Å². The van der Waals surface area contributed by atoms with Gasteiger partial charge in [-0.15, -0.1) is 0 Å². The molecule has 2 N–H and O–H groups in total. The van der Waals surface area contributed by atoms with Gasteiger partial charge in [0.25, 0.3) is 0 Å². The van der Waals surface area contributed by atoms with Crippen LogP contribution < -0.4 is 10.6 Å². The molecule has 0 aliphatic carbocycles. The van der Waals surface area contributed by atoms with E-state index in [0.29, 0.717) is 12.4 Å². The highest BCUT2D eigenvalue weighted by atomic mass is 16.4. The van der Waals surface area contributed by atoms with Crippen LogP contribution in [0.25, 0.3) is 0 Å². The third kappa shape index (κ3) is 4.61. The number of nitrogens with zero attached hydrogens (tertiary/aromatic N) is 4. The van der Waals surface area contributed by atoms with Gasteiger partial charge in [0, 0.05) is 37.9 Å². The SMILES string of the molecule is CN=C(NCCn1ccnc1)NCc1ncc(C(C)(C)C)o1. The smallest absolute Gasteiger partial charge is 0.213 e. The van der Waals surface area contributed by atoms with Crippen molar-refractivity contribution in [2.45, 2.75) is 39.3 Å². The van der Waals surface area contributed by atoms with E-state index in [1.165, 1.54) is 0 Å². The van der Waals surface area contributed by atoms with Gasteiger partial charge in [0.15, 0.2) is 5.96 Å². The summed E-state index contributed by atoms with van der Waals surface area (Å²) in [6.45, 7) is 8.38. The molecule has 0 aromatic carbocycles. The lowest BCUT2D eigenvalue weighted by atomic mass is 9.94. The Morgan fingerprint density at radius 2 is 2.18 bits per heavy atom. The van der Waals surface area contributed by atoms with Gasteiger partial charge in [0.2, 0.25) is 5.89 Å². The van der Waals surface area contributed by atoms with E-state index < -0.39 is 0 Å². The molecule has 2 heterocycles. The Labute approximate surface area is 130 Å². The van der Waals surface area contributed by atoms with Gasteiger partial charge in [0.05, 0.1) is 19.1 Å². The quantitative estimate of drug-likeness (QED) is 0.647. The highest BCUT2D eigenvalue weighted by Gasteiger charge is 2.19. The second kappa shape index (κ2) is 7.11. The predicted octanol–water partition coefficient (Wildman–Crippen LogP) is 1.53. The summed E-state index contributed by atoms with van der Waals surface area (Å²) in [7, 11) is 1.74. The minimum atomic E-state index is -0.0318. The highest BCUT2D eigenvalue weighted by molar-refractivity contribution is 5.79. The van der Waals surface area contributed by atoms with E-state index in [4.69, 9.17) is 4.42 Å². The summed E-state index contributed by atoms with van der Waals surface area (Å²) in [5.41, 5.74) is -0.0318. The number of rotatable bonds is 5. The van der Waals surface area contributed by atoms with Crippen molar-refractivity contribution in [2.75, 3.05) is 13.6 Å². The van der Waals surface area contributed by atoms with E-state index in [2.05, 4.69) is 46.4 Å². The van der Waals surface area contributed by atoms with Crippen molar-refractivity contribution >= 4 is 5.96 Å². The third-order valence-electron chi connectivity index (χ3n) is 3.15. The first-order chi connectivity index (χ1) is 10.5. The zero-order chi connectivity index (χ0) is 16.0. The average Bonchev–Trinajstić information content (AvgIpc) is 3.13. The molecule has 0 aliphatic heterocycles. The number of aliphatic imine (C=N–C) groups is 1. The number of hydrogen-bond acceptors (Lipinski definition) is 4. The van der Waals surface area contributed by atoms with Crippen molar-refractivity contribution in [1.82, 2.24) is 25.2 Å². The van der Waals surface area contributed by atoms with Crippen LogP contribution in [0.5, 0.6) is 0 Å². The average molecular weight is 304 g/mol. The largest absolute Gasteiger partial charge is 0.443 e. The van der Waals surface area contributed by atoms with Crippen molar-refractivity contribution in [3.8, 4) is 0 Å². The zero-order valence-corrected chi connectivity index (χ0v) is 13.6. The lowest BCUT2D eigenvalue weighted by Crippen LogP contribution is -2.38. The summed E-state index contributed by atoms with van der Waals surface area (Å²) in [6, 6.07) is 0. The summed E-state index contributed by atoms with van der Waals surface area (Å²) in [5.74, 6) is 2.26. The zero-order valence-electron chi connectivity index (χ0n) is 13.6. The van der Waals surface area contributed by atoms with Gasteiger partial charge in [-0.1, -0.05) is 20.8 Å². The first-order valence-electron chi connectivity index (χ1n) is 7.34. The van der Waals surface area contributed by atoms with Crippen molar-refractivity contribution in [3.63, 3.8) is 0 Å². The molecule has 2 aromatic heterocycles. The Bertz CT molecular complexity index is 594. The molecule has 2 rings (SSSR count). The fraction of sp³-hybridized carbons (Fsp3) is 0.533. The van der Waals surface area contributed by atoms with Gasteiger partial charge in [-0.2, -0.15) is 0 Å². The summed E-state index contributed by atoms with van der Waals surface area (Å²) in [5, 5.41) is 6.42. The van der Waals surface area contributed by atoms with E-state index in [1.54, 1.807) is 25.8 Å². The highest BCUT2D eigenvalue weighted by Crippen LogP contribution is 2.22. The maximum absolute atomic E-state index is 5.74. The molecule has 0 amide bonds. The topological polar surface area (TPSA) is 80.3 Å². The van der Waals surface area contributed by atoms with Gasteiger partial charge in [-0.05, 0) is 0 Å². The third-order valence-corrected chi connectivity index (χ3v) is 3.15. The predicted molar refractivity (Wildman–Crippen MR) is 85.6 cm³/mol. The number of imidazole rings is 1. The number of guanidine groups is 1. The van der Waals surface area contributed by atoms with Crippen LogP contribution in [0.15, 0.2) is 34.3 Å². The molecule has 0 radical (unpaired) electrons. The first-order valence-corrected chi connectivity index (χ1v) is 7.34. The van der Waals surface area contributed by atoms with Crippen molar-refractivity contribution in [1.29, 1.82) is 0 Å². The molecule has 0 bridgehead atoms. The van der Waals surface area contributed by atoms with Crippen LogP contribution in [0.3, 0.4) is 0 Å². The summed E-state index contributed by atoms with van der Waals surface area (Å²) < 4.78 is 7.74. The van der Waals surface area contributed by atoms with Crippen LogP contribution in [0.1, 0.15) is 32.4 Å². The molecule has 120 valence electrons. The number of oxazole rings is 1. The van der Waals surface area contributed by atoms with Gasteiger partial charge in [-0.3, -0.25) is 4.99 Å². The fourth-order valence-electron chi connectivity index (χ4n) is 1.84. The van der Waals surface area contributed by atoms with Gasteiger partial charge in [-0.25, -0.2) is 9.97 Å². The molecule has 2 aromatic rings. The summed E-state index contributed by atoms with van der Waals surface area (Å²) in [6.07, 6.45) is 7.27. The Balaban J connectivity index is 1.77. The van der Waals surface area contributed by atoms with Crippen LogP contribution in [0.4, 0.5) is 0 Å². The standard InChI is InChI=1S/C15H24N6O/c1-15(2,3)12-9-19-13(22-12)10-20-14(16-4)18-6-8-21-7-5-17-11-21/h5,7,9,11H,6,8,10H2,1-4H3,(H2,16,18,20). The Kier molecular flexibility index (Phi) is 5.19. The van der Waals surface area contributed by atoms with E-state index in [1.807, 2.05) is 10.8 Å². The summed E-state index contributed by atoms with van der Waals surface area (Å²) in [4.78, 5) is 12.5. The molecule has 0 saturated heterocycles. The summed E-state index contributed by atoms with van der Waals surface area (Å²) >= 11 is 0. The Hall–Kier alpha value is -2.31. The van der Waals surface area contributed by atoms with Crippen LogP contribution in [0.2, 0.25) is 0 Å². The van der Waals surface area contributed by atoms with E-state index in [-0.39, 0.29) is 5.41 Å². The molecular formula is C15H24N6O. The van der Waals surface area contributed by atoms with Crippen LogP contribution in [-0.4, -0.2) is 34.1 Å². The molecule has 7 nitrogen and oxygen atoms in total. The fourth-order valence-corrected chi connectivity index (χ4v) is 1.84. The molecule has 22 heavy (non-hydrogen) atoms. The number of nitrogens with one attached hydrogen (secondary N) is 2. The molecule has 0 spiro atoms. The van der Waals surface area contributed by atoms with Gasteiger partial charge >= 0.3 is 0 Å². The molecule has 7 heteroatoms. The molecule has 0 saturated carbocycles. The second-order valence-electron chi connectivity index (χ2n) is 6.02. The first kappa shape index (κ1) is 16.1. The van der Waals surface area contributed by atoms with Crippen molar-refractivity contribution in [2.24, 2.45) is 4.99 Å². The minimum Gasteiger partial charge on any atom is -0.443 e. The molecular weight excluding hydrogens is 280 g/mol.